The SMILES string of the molecule is CCN(CCNc1nc2cc(Cl)ccc2s1)C1CC1. The van der Waals surface area contributed by atoms with Crippen molar-refractivity contribution < 1.29 is 0 Å². The first-order valence-corrected chi connectivity index (χ1v) is 7.99. The molecule has 0 spiro atoms. The van der Waals surface area contributed by atoms with Gasteiger partial charge in [0.1, 0.15) is 0 Å². The van der Waals surface area contributed by atoms with E-state index in [-0.39, 0.29) is 0 Å². The molecule has 5 heteroatoms. The second-order valence-corrected chi connectivity index (χ2v) is 6.38. The quantitative estimate of drug-likeness (QED) is 0.877. The first-order valence-electron chi connectivity index (χ1n) is 6.80. The van der Waals surface area contributed by atoms with Gasteiger partial charge < -0.3 is 5.32 Å². The molecule has 19 heavy (non-hydrogen) atoms. The van der Waals surface area contributed by atoms with Gasteiger partial charge in [0.2, 0.25) is 0 Å². The summed E-state index contributed by atoms with van der Waals surface area (Å²) in [5, 5.41) is 5.16. The van der Waals surface area contributed by atoms with Gasteiger partial charge in [-0.3, -0.25) is 4.90 Å². The number of fused-ring (bicyclic) bond motifs is 1. The van der Waals surface area contributed by atoms with Gasteiger partial charge in [-0.05, 0) is 37.6 Å². The number of rotatable bonds is 6. The van der Waals surface area contributed by atoms with Crippen molar-refractivity contribution in [1.29, 1.82) is 0 Å². The number of aromatic nitrogens is 1. The third-order valence-electron chi connectivity index (χ3n) is 3.49. The molecule has 0 aliphatic heterocycles. The van der Waals surface area contributed by atoms with E-state index in [0.29, 0.717) is 0 Å². The molecule has 1 aromatic carbocycles. The second kappa shape index (κ2) is 5.65. The van der Waals surface area contributed by atoms with E-state index in [1.54, 1.807) is 11.3 Å². The largest absolute Gasteiger partial charge is 0.360 e. The lowest BCUT2D eigenvalue weighted by Crippen LogP contribution is -2.30. The minimum Gasteiger partial charge on any atom is -0.360 e. The molecule has 3 nitrogen and oxygen atoms in total. The van der Waals surface area contributed by atoms with Gasteiger partial charge in [0.15, 0.2) is 5.13 Å². The highest BCUT2D eigenvalue weighted by Gasteiger charge is 2.27. The molecular formula is C14H18ClN3S. The standard InChI is InChI=1S/C14H18ClN3S/c1-2-18(11-4-5-11)8-7-16-14-17-12-9-10(15)3-6-13(12)19-14/h3,6,9,11H,2,4-5,7-8H2,1H3,(H,16,17). The predicted molar refractivity (Wildman–Crippen MR) is 83.4 cm³/mol. The molecule has 102 valence electrons. The molecule has 2 aromatic rings. The minimum atomic E-state index is 0.746. The normalized spacial score (nSPS) is 15.3. The fourth-order valence-electron chi connectivity index (χ4n) is 2.32. The molecule has 0 unspecified atom stereocenters. The van der Waals surface area contributed by atoms with E-state index in [0.717, 1.165) is 41.3 Å². The molecule has 1 fully saturated rings. The molecule has 1 N–H and O–H groups in total. The molecule has 0 atom stereocenters. The number of anilines is 1. The van der Waals surface area contributed by atoms with Crippen LogP contribution in [-0.4, -0.2) is 35.6 Å². The number of likely N-dealkylation sites (N-methyl/N-ethyl adjacent to an activating group) is 1. The van der Waals surface area contributed by atoms with E-state index in [1.807, 2.05) is 18.2 Å². The highest BCUT2D eigenvalue weighted by atomic mass is 35.5. The number of nitrogens with zero attached hydrogens (tertiary/aromatic N) is 2. The number of thiazole rings is 1. The maximum absolute atomic E-state index is 5.97. The summed E-state index contributed by atoms with van der Waals surface area (Å²) in [6.07, 6.45) is 2.74. The summed E-state index contributed by atoms with van der Waals surface area (Å²) in [4.78, 5) is 7.10. The van der Waals surface area contributed by atoms with Crippen molar-refractivity contribution in [3.63, 3.8) is 0 Å². The highest BCUT2D eigenvalue weighted by molar-refractivity contribution is 7.22. The molecule has 1 heterocycles. The van der Waals surface area contributed by atoms with Crippen molar-refractivity contribution in [2.45, 2.75) is 25.8 Å². The predicted octanol–water partition coefficient (Wildman–Crippen LogP) is 3.85. The minimum absolute atomic E-state index is 0.746. The average Bonchev–Trinajstić information content (AvgIpc) is 3.15. The van der Waals surface area contributed by atoms with Crippen LogP contribution in [0.25, 0.3) is 10.2 Å². The monoisotopic (exact) mass is 295 g/mol. The Morgan fingerprint density at radius 2 is 2.32 bits per heavy atom. The molecule has 3 rings (SSSR count). The summed E-state index contributed by atoms with van der Waals surface area (Å²) in [5.74, 6) is 0. The summed E-state index contributed by atoms with van der Waals surface area (Å²) >= 11 is 7.66. The Bertz CT molecular complexity index is 565. The molecule has 0 saturated heterocycles. The van der Waals surface area contributed by atoms with E-state index >= 15 is 0 Å². The van der Waals surface area contributed by atoms with Crippen LogP contribution in [0.3, 0.4) is 0 Å². The van der Waals surface area contributed by atoms with Crippen LogP contribution in [0.15, 0.2) is 18.2 Å². The van der Waals surface area contributed by atoms with Gasteiger partial charge in [0, 0.05) is 24.2 Å². The first kappa shape index (κ1) is 13.2. The smallest absolute Gasteiger partial charge is 0.183 e. The fraction of sp³-hybridized carbons (Fsp3) is 0.500. The Labute approximate surface area is 122 Å². The lowest BCUT2D eigenvalue weighted by Gasteiger charge is -2.19. The van der Waals surface area contributed by atoms with Crippen molar-refractivity contribution in [2.24, 2.45) is 0 Å². The molecule has 0 radical (unpaired) electrons. The van der Waals surface area contributed by atoms with Crippen molar-refractivity contribution in [2.75, 3.05) is 25.0 Å². The molecule has 1 aliphatic carbocycles. The number of hydrogen-bond donors (Lipinski definition) is 1. The molecule has 0 amide bonds. The van der Waals surface area contributed by atoms with Gasteiger partial charge in [-0.2, -0.15) is 0 Å². The highest BCUT2D eigenvalue weighted by Crippen LogP contribution is 2.28. The van der Waals surface area contributed by atoms with Crippen LogP contribution >= 0.6 is 22.9 Å². The molecule has 0 bridgehead atoms. The van der Waals surface area contributed by atoms with Gasteiger partial charge in [-0.25, -0.2) is 4.98 Å². The molecule has 1 aromatic heterocycles. The fourth-order valence-corrected chi connectivity index (χ4v) is 3.36. The van der Waals surface area contributed by atoms with E-state index in [1.165, 1.54) is 17.5 Å². The number of nitrogens with one attached hydrogen (secondary N) is 1. The van der Waals surface area contributed by atoms with Crippen molar-refractivity contribution in [3.8, 4) is 0 Å². The van der Waals surface area contributed by atoms with E-state index in [2.05, 4.69) is 22.1 Å². The van der Waals surface area contributed by atoms with Gasteiger partial charge in [0.05, 0.1) is 10.2 Å². The average molecular weight is 296 g/mol. The zero-order chi connectivity index (χ0) is 13.2. The van der Waals surface area contributed by atoms with Crippen LogP contribution in [-0.2, 0) is 0 Å². The van der Waals surface area contributed by atoms with Gasteiger partial charge in [-0.15, -0.1) is 0 Å². The Hall–Kier alpha value is -0.840. The second-order valence-electron chi connectivity index (χ2n) is 4.92. The Balaban J connectivity index is 1.58. The lowest BCUT2D eigenvalue weighted by molar-refractivity contribution is 0.289. The van der Waals surface area contributed by atoms with Gasteiger partial charge in [-0.1, -0.05) is 29.9 Å². The summed E-state index contributed by atoms with van der Waals surface area (Å²) in [6, 6.07) is 6.70. The van der Waals surface area contributed by atoms with Crippen molar-refractivity contribution in [3.05, 3.63) is 23.2 Å². The molecule has 1 saturated carbocycles. The number of halogens is 1. The van der Waals surface area contributed by atoms with Crippen molar-refractivity contribution in [1.82, 2.24) is 9.88 Å². The summed E-state index contributed by atoms with van der Waals surface area (Å²) < 4.78 is 1.18. The van der Waals surface area contributed by atoms with Crippen LogP contribution < -0.4 is 5.32 Å². The Morgan fingerprint density at radius 3 is 3.05 bits per heavy atom. The van der Waals surface area contributed by atoms with E-state index < -0.39 is 0 Å². The van der Waals surface area contributed by atoms with Gasteiger partial charge >= 0.3 is 0 Å². The summed E-state index contributed by atoms with van der Waals surface area (Å²) in [5.41, 5.74) is 0.981. The zero-order valence-corrected chi connectivity index (χ0v) is 12.6. The van der Waals surface area contributed by atoms with Gasteiger partial charge in [0.25, 0.3) is 0 Å². The first-order chi connectivity index (χ1) is 9.26. The zero-order valence-electron chi connectivity index (χ0n) is 11.0. The van der Waals surface area contributed by atoms with E-state index in [4.69, 9.17) is 11.6 Å². The molecular weight excluding hydrogens is 278 g/mol. The maximum atomic E-state index is 5.97. The lowest BCUT2D eigenvalue weighted by atomic mass is 10.3. The maximum Gasteiger partial charge on any atom is 0.183 e. The van der Waals surface area contributed by atoms with E-state index in [9.17, 15) is 0 Å². The van der Waals surface area contributed by atoms with Crippen LogP contribution in [0, 0.1) is 0 Å². The van der Waals surface area contributed by atoms with Crippen LogP contribution in [0.2, 0.25) is 5.02 Å². The number of benzene rings is 1. The Kier molecular flexibility index (Phi) is 3.91. The molecule has 1 aliphatic rings. The number of hydrogen-bond acceptors (Lipinski definition) is 4. The third kappa shape index (κ3) is 3.19. The Morgan fingerprint density at radius 1 is 1.47 bits per heavy atom. The van der Waals surface area contributed by atoms with Crippen molar-refractivity contribution >= 4 is 38.3 Å². The summed E-state index contributed by atoms with van der Waals surface area (Å²) in [6.45, 7) is 5.43. The topological polar surface area (TPSA) is 28.2 Å². The summed E-state index contributed by atoms with van der Waals surface area (Å²) in [7, 11) is 0. The van der Waals surface area contributed by atoms with Crippen LogP contribution in [0.5, 0.6) is 0 Å². The van der Waals surface area contributed by atoms with Crippen LogP contribution in [0.1, 0.15) is 19.8 Å². The van der Waals surface area contributed by atoms with Crippen LogP contribution in [0.4, 0.5) is 5.13 Å². The third-order valence-corrected chi connectivity index (χ3v) is 4.72.